The van der Waals surface area contributed by atoms with Crippen molar-refractivity contribution in [3.05, 3.63) is 72.1 Å². The van der Waals surface area contributed by atoms with Crippen LogP contribution in [-0.2, 0) is 20.7 Å². The number of ether oxygens (including phenoxy) is 1. The maximum atomic E-state index is 12.8. The van der Waals surface area contributed by atoms with Crippen molar-refractivity contribution in [3.63, 3.8) is 0 Å². The highest BCUT2D eigenvalue weighted by molar-refractivity contribution is 5.80. The molecule has 178 valence electrons. The summed E-state index contributed by atoms with van der Waals surface area (Å²) in [4.78, 5) is 30.1. The summed E-state index contributed by atoms with van der Waals surface area (Å²) >= 11 is 0. The molecule has 1 aliphatic carbocycles. The van der Waals surface area contributed by atoms with Gasteiger partial charge in [-0.3, -0.25) is 9.59 Å². The first-order valence-corrected chi connectivity index (χ1v) is 11.6. The van der Waals surface area contributed by atoms with Gasteiger partial charge in [-0.15, -0.1) is 0 Å². The van der Waals surface area contributed by atoms with Crippen LogP contribution in [-0.4, -0.2) is 48.3 Å². The van der Waals surface area contributed by atoms with Crippen molar-refractivity contribution in [2.24, 2.45) is 5.92 Å². The van der Waals surface area contributed by atoms with Gasteiger partial charge in [-0.1, -0.05) is 65.8 Å². The second-order valence-electron chi connectivity index (χ2n) is 8.54. The zero-order valence-electron chi connectivity index (χ0n) is 19.3. The summed E-state index contributed by atoms with van der Waals surface area (Å²) in [6.07, 6.45) is 2.07. The quantitative estimate of drug-likeness (QED) is 0.449. The molecule has 1 aliphatic rings. The monoisotopic (exact) mass is 462 g/mol. The van der Waals surface area contributed by atoms with Crippen molar-refractivity contribution >= 4 is 11.8 Å². The van der Waals surface area contributed by atoms with E-state index < -0.39 is 0 Å². The Kier molecular flexibility index (Phi) is 8.04. The molecule has 1 heterocycles. The predicted octanol–water partition coefficient (Wildman–Crippen LogP) is 3.11. The number of amides is 2. The Bertz CT molecular complexity index is 1070. The lowest BCUT2D eigenvalue weighted by Crippen LogP contribution is -2.37. The minimum Gasteiger partial charge on any atom is -0.383 e. The van der Waals surface area contributed by atoms with E-state index in [1.54, 1.807) is 7.11 Å². The van der Waals surface area contributed by atoms with Crippen LogP contribution in [0.2, 0.25) is 0 Å². The number of nitrogens with zero attached hydrogens (tertiary/aromatic N) is 2. The first-order chi connectivity index (χ1) is 16.6. The second-order valence-corrected chi connectivity index (χ2v) is 8.54. The molecule has 0 aliphatic heterocycles. The molecule has 3 aromatic rings. The molecule has 4 rings (SSSR count). The van der Waals surface area contributed by atoms with Gasteiger partial charge < -0.3 is 19.9 Å². The van der Waals surface area contributed by atoms with Gasteiger partial charge in [0.05, 0.1) is 12.5 Å². The van der Waals surface area contributed by atoms with Crippen molar-refractivity contribution < 1.29 is 18.8 Å². The molecule has 34 heavy (non-hydrogen) atoms. The summed E-state index contributed by atoms with van der Waals surface area (Å²) in [5.74, 6) is 0.349. The zero-order chi connectivity index (χ0) is 23.8. The topological polar surface area (TPSA) is 106 Å². The van der Waals surface area contributed by atoms with Crippen molar-refractivity contribution in [1.82, 2.24) is 20.8 Å². The number of aryl methyl sites for hydroxylation is 1. The molecule has 3 atom stereocenters. The molecule has 0 spiro atoms. The summed E-state index contributed by atoms with van der Waals surface area (Å²) in [6, 6.07) is 19.2. The normalized spacial score (nSPS) is 19.6. The Morgan fingerprint density at radius 2 is 1.79 bits per heavy atom. The van der Waals surface area contributed by atoms with Crippen LogP contribution in [0.4, 0.5) is 0 Å². The fourth-order valence-electron chi connectivity index (χ4n) is 4.38. The Morgan fingerprint density at radius 3 is 2.53 bits per heavy atom. The lowest BCUT2D eigenvalue weighted by atomic mass is 10.0. The van der Waals surface area contributed by atoms with Gasteiger partial charge in [0, 0.05) is 37.6 Å². The first-order valence-electron chi connectivity index (χ1n) is 11.6. The van der Waals surface area contributed by atoms with Crippen LogP contribution < -0.4 is 10.6 Å². The summed E-state index contributed by atoms with van der Waals surface area (Å²) < 4.78 is 10.6. The average molecular weight is 463 g/mol. The van der Waals surface area contributed by atoms with E-state index in [4.69, 9.17) is 9.26 Å². The Hall–Kier alpha value is -3.52. The van der Waals surface area contributed by atoms with E-state index in [1.807, 2.05) is 60.7 Å². The van der Waals surface area contributed by atoms with Gasteiger partial charge in [0.2, 0.25) is 23.5 Å². The maximum Gasteiger partial charge on any atom is 0.232 e. The van der Waals surface area contributed by atoms with Gasteiger partial charge >= 0.3 is 0 Å². The molecule has 0 saturated heterocycles. The molecule has 2 N–H and O–H groups in total. The average Bonchev–Trinajstić information content (AvgIpc) is 3.52. The second kappa shape index (κ2) is 11.6. The summed E-state index contributed by atoms with van der Waals surface area (Å²) in [6.45, 7) is 0.898. The van der Waals surface area contributed by atoms with Crippen molar-refractivity contribution in [2.75, 3.05) is 20.3 Å². The highest BCUT2D eigenvalue weighted by atomic mass is 16.5. The summed E-state index contributed by atoms with van der Waals surface area (Å²) in [5.41, 5.74) is 1.97. The molecular weight excluding hydrogens is 432 g/mol. The molecule has 1 aromatic heterocycles. The van der Waals surface area contributed by atoms with E-state index in [0.717, 1.165) is 11.1 Å². The predicted molar refractivity (Wildman–Crippen MR) is 127 cm³/mol. The van der Waals surface area contributed by atoms with Crippen LogP contribution in [0.15, 0.2) is 65.2 Å². The standard InChI is InChI=1S/C26H30N4O4/c1-33-15-14-27-25(32)20-16-21(26-29-24(30-34-26)19-10-6-3-7-11-19)22(17-20)28-23(31)13-12-18-8-4-2-5-9-18/h2-11,20-22H,12-17H2,1H3,(H,27,32)(H,28,31)/t20-,21-,22+/m1/s1. The van der Waals surface area contributed by atoms with E-state index in [9.17, 15) is 9.59 Å². The van der Waals surface area contributed by atoms with Crippen molar-refractivity contribution in [2.45, 2.75) is 37.6 Å². The van der Waals surface area contributed by atoms with Crippen LogP contribution in [0.25, 0.3) is 11.4 Å². The highest BCUT2D eigenvalue weighted by Gasteiger charge is 2.42. The molecule has 2 amide bonds. The Labute approximate surface area is 199 Å². The zero-order valence-corrected chi connectivity index (χ0v) is 19.3. The number of rotatable bonds is 10. The summed E-state index contributed by atoms with van der Waals surface area (Å²) in [7, 11) is 1.60. The van der Waals surface area contributed by atoms with E-state index in [0.29, 0.717) is 50.6 Å². The van der Waals surface area contributed by atoms with Crippen molar-refractivity contribution in [1.29, 1.82) is 0 Å². The SMILES string of the molecule is COCCNC(=O)[C@H]1C[C@H](NC(=O)CCc2ccccc2)[C@H](c2nc(-c3ccccc3)no2)C1. The minimum atomic E-state index is -0.259. The van der Waals surface area contributed by atoms with E-state index in [2.05, 4.69) is 20.8 Å². The third kappa shape index (κ3) is 6.08. The Morgan fingerprint density at radius 1 is 1.06 bits per heavy atom. The molecule has 2 aromatic carbocycles. The highest BCUT2D eigenvalue weighted by Crippen LogP contribution is 2.38. The fourth-order valence-corrected chi connectivity index (χ4v) is 4.38. The number of carbonyl (C=O) groups excluding carboxylic acids is 2. The Balaban J connectivity index is 1.45. The van der Waals surface area contributed by atoms with Gasteiger partial charge in [-0.2, -0.15) is 4.98 Å². The molecule has 1 fully saturated rings. The van der Waals surface area contributed by atoms with Gasteiger partial charge in [0.1, 0.15) is 0 Å². The van der Waals surface area contributed by atoms with Gasteiger partial charge in [-0.05, 0) is 24.8 Å². The number of aromatic nitrogens is 2. The molecule has 0 unspecified atom stereocenters. The van der Waals surface area contributed by atoms with Gasteiger partial charge in [0.25, 0.3) is 0 Å². The molecular formula is C26H30N4O4. The third-order valence-electron chi connectivity index (χ3n) is 6.16. The molecule has 1 saturated carbocycles. The lowest BCUT2D eigenvalue weighted by Gasteiger charge is -2.18. The minimum absolute atomic E-state index is 0.0501. The van der Waals surface area contributed by atoms with E-state index in [-0.39, 0.29) is 29.7 Å². The third-order valence-corrected chi connectivity index (χ3v) is 6.16. The number of benzene rings is 2. The van der Waals surface area contributed by atoms with Crippen molar-refractivity contribution in [3.8, 4) is 11.4 Å². The number of carbonyl (C=O) groups is 2. The van der Waals surface area contributed by atoms with Crippen LogP contribution in [0, 0.1) is 5.92 Å². The number of hydrogen-bond donors (Lipinski definition) is 2. The fraction of sp³-hybridized carbons (Fsp3) is 0.385. The molecule has 0 radical (unpaired) electrons. The van der Waals surface area contributed by atoms with Gasteiger partial charge in [-0.25, -0.2) is 0 Å². The smallest absolute Gasteiger partial charge is 0.232 e. The van der Waals surface area contributed by atoms with Crippen LogP contribution >= 0.6 is 0 Å². The number of hydrogen-bond acceptors (Lipinski definition) is 6. The molecule has 0 bridgehead atoms. The van der Waals surface area contributed by atoms with Crippen LogP contribution in [0.1, 0.15) is 36.6 Å². The summed E-state index contributed by atoms with van der Waals surface area (Å²) in [5, 5.41) is 10.2. The number of methoxy groups -OCH3 is 1. The van der Waals surface area contributed by atoms with E-state index >= 15 is 0 Å². The van der Waals surface area contributed by atoms with Crippen LogP contribution in [0.3, 0.4) is 0 Å². The first kappa shape index (κ1) is 23.6. The molecule has 8 heteroatoms. The van der Waals surface area contributed by atoms with Gasteiger partial charge in [0.15, 0.2) is 0 Å². The number of nitrogens with one attached hydrogen (secondary N) is 2. The van der Waals surface area contributed by atoms with E-state index in [1.165, 1.54) is 0 Å². The maximum absolute atomic E-state index is 12.8. The largest absolute Gasteiger partial charge is 0.383 e. The van der Waals surface area contributed by atoms with Crippen LogP contribution in [0.5, 0.6) is 0 Å². The molecule has 8 nitrogen and oxygen atoms in total. The lowest BCUT2D eigenvalue weighted by molar-refractivity contribution is -0.125.